The van der Waals surface area contributed by atoms with Gasteiger partial charge in [-0.2, -0.15) is 5.26 Å². The maximum atomic E-state index is 12.3. The molecule has 0 unspecified atom stereocenters. The van der Waals surface area contributed by atoms with Crippen LogP contribution in [0.4, 0.5) is 0 Å². The third kappa shape index (κ3) is 3.04. The highest BCUT2D eigenvalue weighted by Gasteiger charge is 2.36. The molecule has 3 nitrogen and oxygen atoms in total. The Morgan fingerprint density at radius 3 is 2.60 bits per heavy atom. The second kappa shape index (κ2) is 5.97. The van der Waals surface area contributed by atoms with Gasteiger partial charge in [0.05, 0.1) is 10.9 Å². The second-order valence-electron chi connectivity index (χ2n) is 5.85. The Kier molecular flexibility index (Phi) is 4.49. The molecule has 1 aliphatic carbocycles. The lowest BCUT2D eigenvalue weighted by atomic mass is 9.76. The lowest BCUT2D eigenvalue weighted by molar-refractivity contribution is 0.0895. The van der Waals surface area contributed by atoms with E-state index in [1.807, 2.05) is 19.9 Å². The van der Waals surface area contributed by atoms with Crippen molar-refractivity contribution in [1.82, 2.24) is 5.32 Å². The number of amides is 1. The molecule has 0 atom stereocenters. The topological polar surface area (TPSA) is 52.9 Å². The molecule has 1 amide bonds. The third-order valence-electron chi connectivity index (χ3n) is 4.49. The van der Waals surface area contributed by atoms with Gasteiger partial charge in [-0.05, 0) is 57.1 Å². The Morgan fingerprint density at radius 2 is 2.15 bits per heavy atom. The van der Waals surface area contributed by atoms with Gasteiger partial charge in [0, 0.05) is 4.88 Å². The van der Waals surface area contributed by atoms with Crippen molar-refractivity contribution in [3.63, 3.8) is 0 Å². The molecule has 1 saturated carbocycles. The average molecular weight is 290 g/mol. The number of nitrogens with one attached hydrogen (secondary N) is 1. The number of carbonyl (C=O) groups excluding carboxylic acids is 1. The number of aryl methyl sites for hydroxylation is 2. The SMILES string of the molecule is CCC1CCC(C#N)(NC(=O)c2cc(C)c(C)s2)CC1. The summed E-state index contributed by atoms with van der Waals surface area (Å²) in [5.74, 6) is 0.613. The van der Waals surface area contributed by atoms with Crippen molar-refractivity contribution in [2.45, 2.75) is 58.4 Å². The Morgan fingerprint density at radius 1 is 1.50 bits per heavy atom. The van der Waals surface area contributed by atoms with Crippen molar-refractivity contribution in [2.75, 3.05) is 0 Å². The van der Waals surface area contributed by atoms with Crippen LogP contribution in [0.3, 0.4) is 0 Å². The smallest absolute Gasteiger partial charge is 0.262 e. The molecule has 1 aliphatic rings. The number of nitriles is 1. The van der Waals surface area contributed by atoms with Crippen molar-refractivity contribution < 1.29 is 4.79 Å². The summed E-state index contributed by atoms with van der Waals surface area (Å²) >= 11 is 1.50. The fraction of sp³-hybridized carbons (Fsp3) is 0.625. The van der Waals surface area contributed by atoms with Gasteiger partial charge < -0.3 is 5.32 Å². The van der Waals surface area contributed by atoms with E-state index < -0.39 is 5.54 Å². The highest BCUT2D eigenvalue weighted by molar-refractivity contribution is 7.14. The molecular formula is C16H22N2OS. The average Bonchev–Trinajstić information content (AvgIpc) is 2.79. The molecule has 4 heteroatoms. The maximum Gasteiger partial charge on any atom is 0.262 e. The van der Waals surface area contributed by atoms with Crippen LogP contribution >= 0.6 is 11.3 Å². The van der Waals surface area contributed by atoms with Crippen LogP contribution in [0.2, 0.25) is 0 Å². The molecule has 0 aliphatic heterocycles. The predicted octanol–water partition coefficient (Wildman–Crippen LogP) is 3.96. The molecule has 1 fully saturated rings. The van der Waals surface area contributed by atoms with E-state index in [0.717, 1.165) is 36.1 Å². The molecule has 1 aromatic rings. The van der Waals surface area contributed by atoms with Gasteiger partial charge in [0.1, 0.15) is 5.54 Å². The maximum absolute atomic E-state index is 12.3. The Labute approximate surface area is 125 Å². The van der Waals surface area contributed by atoms with Crippen LogP contribution in [0.25, 0.3) is 0 Å². The van der Waals surface area contributed by atoms with E-state index >= 15 is 0 Å². The van der Waals surface area contributed by atoms with Crippen LogP contribution < -0.4 is 5.32 Å². The Hall–Kier alpha value is -1.34. The molecule has 2 rings (SSSR count). The van der Waals surface area contributed by atoms with Gasteiger partial charge in [-0.15, -0.1) is 11.3 Å². The number of thiophene rings is 1. The zero-order valence-corrected chi connectivity index (χ0v) is 13.3. The summed E-state index contributed by atoms with van der Waals surface area (Å²) in [7, 11) is 0. The first-order valence-electron chi connectivity index (χ1n) is 7.30. The molecule has 0 bridgehead atoms. The molecule has 0 spiro atoms. The van der Waals surface area contributed by atoms with Crippen molar-refractivity contribution in [3.8, 4) is 6.07 Å². The van der Waals surface area contributed by atoms with E-state index in [-0.39, 0.29) is 5.91 Å². The molecule has 0 radical (unpaired) electrons. The number of carbonyl (C=O) groups is 1. The number of rotatable bonds is 3. The van der Waals surface area contributed by atoms with Gasteiger partial charge in [-0.25, -0.2) is 0 Å². The standard InChI is InChI=1S/C16H22N2OS/c1-4-13-5-7-16(10-17,8-6-13)18-15(19)14-9-11(2)12(3)20-14/h9,13H,4-8H2,1-3H3,(H,18,19). The summed E-state index contributed by atoms with van der Waals surface area (Å²) in [4.78, 5) is 14.2. The molecular weight excluding hydrogens is 268 g/mol. The first-order valence-corrected chi connectivity index (χ1v) is 8.12. The molecule has 0 aromatic carbocycles. The van der Waals surface area contributed by atoms with Crippen molar-refractivity contribution in [1.29, 1.82) is 5.26 Å². The van der Waals surface area contributed by atoms with Crippen molar-refractivity contribution >= 4 is 17.2 Å². The van der Waals surface area contributed by atoms with Crippen LogP contribution in [0.5, 0.6) is 0 Å². The molecule has 20 heavy (non-hydrogen) atoms. The van der Waals surface area contributed by atoms with Gasteiger partial charge >= 0.3 is 0 Å². The first kappa shape index (κ1) is 15.1. The summed E-state index contributed by atoms with van der Waals surface area (Å²) < 4.78 is 0. The largest absolute Gasteiger partial charge is 0.333 e. The van der Waals surface area contributed by atoms with Crippen LogP contribution in [-0.4, -0.2) is 11.4 Å². The van der Waals surface area contributed by atoms with E-state index in [1.165, 1.54) is 17.8 Å². The summed E-state index contributed by atoms with van der Waals surface area (Å²) in [6, 6.07) is 4.27. The van der Waals surface area contributed by atoms with E-state index in [4.69, 9.17) is 0 Å². The van der Waals surface area contributed by atoms with Crippen LogP contribution in [0.15, 0.2) is 6.07 Å². The summed E-state index contributed by atoms with van der Waals surface area (Å²) in [6.07, 6.45) is 4.78. The van der Waals surface area contributed by atoms with Crippen LogP contribution in [0.1, 0.15) is 59.1 Å². The highest BCUT2D eigenvalue weighted by atomic mass is 32.1. The highest BCUT2D eigenvalue weighted by Crippen LogP contribution is 2.34. The van der Waals surface area contributed by atoms with E-state index in [0.29, 0.717) is 10.8 Å². The lowest BCUT2D eigenvalue weighted by Gasteiger charge is -2.35. The second-order valence-corrected chi connectivity index (χ2v) is 7.11. The van der Waals surface area contributed by atoms with Crippen molar-refractivity contribution in [2.24, 2.45) is 5.92 Å². The minimum Gasteiger partial charge on any atom is -0.333 e. The van der Waals surface area contributed by atoms with E-state index in [1.54, 1.807) is 0 Å². The number of hydrogen-bond acceptors (Lipinski definition) is 3. The Balaban J connectivity index is 2.07. The molecule has 108 valence electrons. The zero-order valence-electron chi connectivity index (χ0n) is 12.5. The molecule has 1 heterocycles. The fourth-order valence-corrected chi connectivity index (χ4v) is 3.74. The lowest BCUT2D eigenvalue weighted by Crippen LogP contribution is -2.49. The summed E-state index contributed by atoms with van der Waals surface area (Å²) in [6.45, 7) is 6.22. The zero-order chi connectivity index (χ0) is 14.8. The summed E-state index contributed by atoms with van der Waals surface area (Å²) in [5, 5.41) is 12.5. The quantitative estimate of drug-likeness (QED) is 0.916. The molecule has 0 saturated heterocycles. The van der Waals surface area contributed by atoms with E-state index in [2.05, 4.69) is 18.3 Å². The normalized spacial score (nSPS) is 26.0. The fourth-order valence-electron chi connectivity index (χ4n) is 2.81. The van der Waals surface area contributed by atoms with Crippen LogP contribution in [0, 0.1) is 31.1 Å². The summed E-state index contributed by atoms with van der Waals surface area (Å²) in [5.41, 5.74) is 0.481. The monoisotopic (exact) mass is 290 g/mol. The minimum absolute atomic E-state index is 0.0947. The third-order valence-corrected chi connectivity index (χ3v) is 5.64. The Bertz CT molecular complexity index is 514. The molecule has 1 N–H and O–H groups in total. The number of nitrogens with zero attached hydrogens (tertiary/aromatic N) is 1. The van der Waals surface area contributed by atoms with Crippen molar-refractivity contribution in [3.05, 3.63) is 21.4 Å². The minimum atomic E-state index is -0.658. The van der Waals surface area contributed by atoms with Crippen LogP contribution in [-0.2, 0) is 0 Å². The number of hydrogen-bond donors (Lipinski definition) is 1. The van der Waals surface area contributed by atoms with Gasteiger partial charge in [0.25, 0.3) is 5.91 Å². The van der Waals surface area contributed by atoms with E-state index in [9.17, 15) is 10.1 Å². The van der Waals surface area contributed by atoms with Gasteiger partial charge in [0.15, 0.2) is 0 Å². The molecule has 1 aromatic heterocycles. The first-order chi connectivity index (χ1) is 9.49. The van der Waals surface area contributed by atoms with Gasteiger partial charge in [0.2, 0.25) is 0 Å². The van der Waals surface area contributed by atoms with Gasteiger partial charge in [-0.1, -0.05) is 13.3 Å². The predicted molar refractivity (Wildman–Crippen MR) is 81.9 cm³/mol. The van der Waals surface area contributed by atoms with Gasteiger partial charge in [-0.3, -0.25) is 4.79 Å².